The molecule has 0 aliphatic rings. The van der Waals surface area contributed by atoms with E-state index < -0.39 is 0 Å². The van der Waals surface area contributed by atoms with Gasteiger partial charge in [0, 0.05) is 6.54 Å². The third kappa shape index (κ3) is 3.11. The molecule has 94 valence electrons. The summed E-state index contributed by atoms with van der Waals surface area (Å²) < 4.78 is 17.5. The fourth-order valence-electron chi connectivity index (χ4n) is 1.52. The minimum Gasteiger partial charge on any atom is -0.452 e. The molecule has 0 fully saturated rings. The number of halogens is 2. The quantitative estimate of drug-likeness (QED) is 0.925. The van der Waals surface area contributed by atoms with Gasteiger partial charge in [-0.1, -0.05) is 12.1 Å². The molecular weight excluding hydrogens is 257 g/mol. The number of benzene rings is 1. The molecule has 0 bridgehead atoms. The number of amides is 1. The van der Waals surface area contributed by atoms with Crippen LogP contribution in [0.15, 0.2) is 41.0 Å². The Morgan fingerprint density at radius 2 is 2.00 bits per heavy atom. The third-order valence-corrected chi connectivity index (χ3v) is 2.77. The van der Waals surface area contributed by atoms with Crippen molar-refractivity contribution < 1.29 is 13.6 Å². The summed E-state index contributed by atoms with van der Waals surface area (Å²) in [4.78, 5) is 11.7. The number of carbonyl (C=O) groups excluding carboxylic acids is 1. The number of hydrogen-bond acceptors (Lipinski definition) is 2. The van der Waals surface area contributed by atoms with E-state index >= 15 is 0 Å². The lowest BCUT2D eigenvalue weighted by Crippen LogP contribution is -2.25. The predicted octanol–water partition coefficient (Wildman–Crippen LogP) is 3.04. The van der Waals surface area contributed by atoms with Crippen molar-refractivity contribution in [3.63, 3.8) is 0 Å². The van der Waals surface area contributed by atoms with Gasteiger partial charge in [0.15, 0.2) is 0 Å². The minimum absolute atomic E-state index is 0.0780. The smallest absolute Gasteiger partial charge is 0.256 e. The summed E-state index contributed by atoms with van der Waals surface area (Å²) in [5.74, 6) is -0.552. The fraction of sp³-hybridized carbons (Fsp3) is 0.154. The van der Waals surface area contributed by atoms with E-state index in [4.69, 9.17) is 16.0 Å². The molecule has 18 heavy (non-hydrogen) atoms. The van der Waals surface area contributed by atoms with Gasteiger partial charge in [-0.05, 0) is 41.8 Å². The number of hydrogen-bond donors (Lipinski definition) is 1. The van der Waals surface area contributed by atoms with E-state index in [0.717, 1.165) is 5.56 Å². The van der Waals surface area contributed by atoms with Gasteiger partial charge >= 0.3 is 0 Å². The summed E-state index contributed by atoms with van der Waals surface area (Å²) in [6, 6.07) is 7.67. The molecule has 1 aromatic heterocycles. The molecule has 3 nitrogen and oxygen atoms in total. The van der Waals surface area contributed by atoms with Crippen LogP contribution in [-0.4, -0.2) is 12.5 Å². The fourth-order valence-corrected chi connectivity index (χ4v) is 1.72. The maximum Gasteiger partial charge on any atom is 0.256 e. The number of nitrogens with one attached hydrogen (secondary N) is 1. The highest BCUT2D eigenvalue weighted by atomic mass is 35.5. The Balaban J connectivity index is 1.84. The molecule has 0 unspecified atom stereocenters. The predicted molar refractivity (Wildman–Crippen MR) is 66.2 cm³/mol. The van der Waals surface area contributed by atoms with E-state index in [2.05, 4.69) is 5.32 Å². The van der Waals surface area contributed by atoms with Gasteiger partial charge in [-0.3, -0.25) is 4.79 Å². The van der Waals surface area contributed by atoms with Crippen LogP contribution in [0.4, 0.5) is 4.39 Å². The van der Waals surface area contributed by atoms with Crippen molar-refractivity contribution in [3.8, 4) is 0 Å². The molecule has 5 heteroatoms. The summed E-state index contributed by atoms with van der Waals surface area (Å²) in [6.07, 6.45) is 1.98. The zero-order valence-corrected chi connectivity index (χ0v) is 10.2. The Labute approximate surface area is 109 Å². The van der Waals surface area contributed by atoms with Crippen LogP contribution in [0.25, 0.3) is 0 Å². The number of carbonyl (C=O) groups is 1. The van der Waals surface area contributed by atoms with Crippen molar-refractivity contribution in [3.05, 3.63) is 58.8 Å². The van der Waals surface area contributed by atoms with Crippen molar-refractivity contribution in [2.45, 2.75) is 6.42 Å². The lowest BCUT2D eigenvalue weighted by molar-refractivity contribution is 0.0953. The normalized spacial score (nSPS) is 10.3. The third-order valence-electron chi connectivity index (χ3n) is 2.48. The van der Waals surface area contributed by atoms with Crippen molar-refractivity contribution in [2.75, 3.05) is 6.54 Å². The number of rotatable bonds is 4. The highest BCUT2D eigenvalue weighted by Crippen LogP contribution is 2.16. The Hall–Kier alpha value is -1.81. The minimum atomic E-state index is -0.282. The molecule has 0 radical (unpaired) electrons. The molecule has 2 aromatic rings. The molecule has 0 aliphatic carbocycles. The zero-order chi connectivity index (χ0) is 13.0. The van der Waals surface area contributed by atoms with Gasteiger partial charge in [0.25, 0.3) is 5.91 Å². The van der Waals surface area contributed by atoms with E-state index in [1.807, 2.05) is 0 Å². The van der Waals surface area contributed by atoms with E-state index in [0.29, 0.717) is 18.5 Å². The molecule has 2 rings (SSSR count). The van der Waals surface area contributed by atoms with Crippen molar-refractivity contribution in [1.29, 1.82) is 0 Å². The summed E-state index contributed by atoms with van der Waals surface area (Å²) >= 11 is 5.68. The Bertz CT molecular complexity index is 536. The average Bonchev–Trinajstić information content (AvgIpc) is 2.78. The van der Waals surface area contributed by atoms with Gasteiger partial charge in [-0.25, -0.2) is 4.39 Å². The van der Waals surface area contributed by atoms with E-state index in [-0.39, 0.29) is 16.9 Å². The standard InChI is InChI=1S/C13H11ClFNO2/c14-12-11(6-8-18-12)13(17)16-7-5-9-1-3-10(15)4-2-9/h1-4,6,8H,5,7H2,(H,16,17). The van der Waals surface area contributed by atoms with Crippen LogP contribution < -0.4 is 5.32 Å². The molecule has 1 N–H and O–H groups in total. The van der Waals surface area contributed by atoms with Gasteiger partial charge in [0.05, 0.1) is 11.8 Å². The second-order valence-corrected chi connectivity index (χ2v) is 4.08. The van der Waals surface area contributed by atoms with Crippen LogP contribution in [0.1, 0.15) is 15.9 Å². The van der Waals surface area contributed by atoms with Gasteiger partial charge in [-0.2, -0.15) is 0 Å². The SMILES string of the molecule is O=C(NCCc1ccc(F)cc1)c1ccoc1Cl. The van der Waals surface area contributed by atoms with Crippen molar-refractivity contribution in [1.82, 2.24) is 5.32 Å². The monoisotopic (exact) mass is 267 g/mol. The van der Waals surface area contributed by atoms with Gasteiger partial charge in [0.1, 0.15) is 5.82 Å². The Morgan fingerprint density at radius 1 is 1.28 bits per heavy atom. The first kappa shape index (κ1) is 12.6. The lowest BCUT2D eigenvalue weighted by atomic mass is 10.1. The second-order valence-electron chi connectivity index (χ2n) is 3.74. The molecule has 1 amide bonds. The first-order chi connectivity index (χ1) is 8.66. The van der Waals surface area contributed by atoms with Gasteiger partial charge < -0.3 is 9.73 Å². The zero-order valence-electron chi connectivity index (χ0n) is 9.45. The first-order valence-corrected chi connectivity index (χ1v) is 5.80. The Morgan fingerprint density at radius 3 is 2.61 bits per heavy atom. The maximum absolute atomic E-state index is 12.7. The van der Waals surface area contributed by atoms with E-state index in [9.17, 15) is 9.18 Å². The largest absolute Gasteiger partial charge is 0.452 e. The van der Waals surface area contributed by atoms with E-state index in [1.54, 1.807) is 12.1 Å². The van der Waals surface area contributed by atoms with E-state index in [1.165, 1.54) is 24.5 Å². The molecule has 0 atom stereocenters. The summed E-state index contributed by atoms with van der Waals surface area (Å²) in [5.41, 5.74) is 1.27. The molecule has 0 spiro atoms. The van der Waals surface area contributed by atoms with Crippen molar-refractivity contribution >= 4 is 17.5 Å². The Kier molecular flexibility index (Phi) is 3.99. The lowest BCUT2D eigenvalue weighted by Gasteiger charge is -2.04. The van der Waals surface area contributed by atoms with Crippen molar-refractivity contribution in [2.24, 2.45) is 0 Å². The molecule has 1 aromatic carbocycles. The average molecular weight is 268 g/mol. The molecule has 0 aliphatic heterocycles. The molecule has 0 saturated heterocycles. The first-order valence-electron chi connectivity index (χ1n) is 5.42. The van der Waals surface area contributed by atoms with Crippen LogP contribution in [0.3, 0.4) is 0 Å². The van der Waals surface area contributed by atoms with Crippen LogP contribution in [0.2, 0.25) is 5.22 Å². The summed E-state index contributed by atoms with van der Waals surface area (Å²) in [6.45, 7) is 0.450. The maximum atomic E-state index is 12.7. The second kappa shape index (κ2) is 5.69. The van der Waals surface area contributed by atoms with Gasteiger partial charge in [0.2, 0.25) is 5.22 Å². The molecular formula is C13H11ClFNO2. The molecule has 1 heterocycles. The highest BCUT2D eigenvalue weighted by Gasteiger charge is 2.11. The van der Waals surface area contributed by atoms with Crippen LogP contribution in [0, 0.1) is 5.82 Å². The molecule has 0 saturated carbocycles. The van der Waals surface area contributed by atoms with Crippen LogP contribution >= 0.6 is 11.6 Å². The topological polar surface area (TPSA) is 42.2 Å². The highest BCUT2D eigenvalue weighted by molar-refractivity contribution is 6.32. The summed E-state index contributed by atoms with van der Waals surface area (Å²) in [5, 5.41) is 2.79. The summed E-state index contributed by atoms with van der Waals surface area (Å²) in [7, 11) is 0. The van der Waals surface area contributed by atoms with Crippen LogP contribution in [0.5, 0.6) is 0 Å². The van der Waals surface area contributed by atoms with Gasteiger partial charge in [-0.15, -0.1) is 0 Å². The number of furan rings is 1. The van der Waals surface area contributed by atoms with Crippen LogP contribution in [-0.2, 0) is 6.42 Å².